The maximum Gasteiger partial charge on any atom is 0.206 e. The molecule has 114 valence electrons. The summed E-state index contributed by atoms with van der Waals surface area (Å²) in [5, 5.41) is 4.33. The Morgan fingerprint density at radius 1 is 1.04 bits per heavy atom. The fourth-order valence-corrected chi connectivity index (χ4v) is 3.06. The van der Waals surface area contributed by atoms with Gasteiger partial charge in [-0.05, 0) is 40.2 Å². The van der Waals surface area contributed by atoms with Crippen molar-refractivity contribution in [1.29, 1.82) is 0 Å². The Morgan fingerprint density at radius 3 is 2.70 bits per heavy atom. The molecule has 3 N–H and O–H groups in total. The van der Waals surface area contributed by atoms with Gasteiger partial charge in [0, 0.05) is 21.7 Å². The van der Waals surface area contributed by atoms with Gasteiger partial charge in [-0.15, -0.1) is 0 Å². The zero-order chi connectivity index (χ0) is 15.8. The van der Waals surface area contributed by atoms with Crippen molar-refractivity contribution < 1.29 is 0 Å². The smallest absolute Gasteiger partial charge is 0.206 e. The Hall–Kier alpha value is -2.60. The highest BCUT2D eigenvalue weighted by molar-refractivity contribution is 9.10. The first-order valence-corrected chi connectivity index (χ1v) is 8.02. The number of nitrogen functional groups attached to an aromatic ring is 1. The topological polar surface area (TPSA) is 68.2 Å². The number of fused-ring (bicyclic) bond motifs is 3. The fourth-order valence-electron chi connectivity index (χ4n) is 2.61. The molecule has 0 unspecified atom stereocenters. The van der Waals surface area contributed by atoms with E-state index in [1.54, 1.807) is 0 Å². The van der Waals surface area contributed by atoms with Gasteiger partial charge in [-0.25, -0.2) is 9.97 Å². The maximum atomic E-state index is 6.08. The first-order chi connectivity index (χ1) is 11.2. The van der Waals surface area contributed by atoms with Crippen LogP contribution in [0.3, 0.4) is 0 Å². The van der Waals surface area contributed by atoms with Crippen LogP contribution in [0.15, 0.2) is 59.2 Å². The molecular formula is C17H14BrN5. The third-order valence-electron chi connectivity index (χ3n) is 3.70. The van der Waals surface area contributed by atoms with Gasteiger partial charge in [0.25, 0.3) is 0 Å². The molecule has 0 spiro atoms. The van der Waals surface area contributed by atoms with Crippen molar-refractivity contribution in [2.45, 2.75) is 6.54 Å². The van der Waals surface area contributed by atoms with Crippen molar-refractivity contribution >= 4 is 44.1 Å². The normalized spacial score (nSPS) is 11.2. The molecule has 0 saturated carbocycles. The molecular weight excluding hydrogens is 354 g/mol. The van der Waals surface area contributed by atoms with Gasteiger partial charge < -0.3 is 11.1 Å². The van der Waals surface area contributed by atoms with Crippen LogP contribution in [0.2, 0.25) is 0 Å². The minimum atomic E-state index is 0.429. The molecule has 0 aliphatic heterocycles. The van der Waals surface area contributed by atoms with E-state index in [0.717, 1.165) is 32.4 Å². The molecule has 23 heavy (non-hydrogen) atoms. The van der Waals surface area contributed by atoms with Gasteiger partial charge in [-0.2, -0.15) is 0 Å². The van der Waals surface area contributed by atoms with E-state index in [9.17, 15) is 0 Å². The molecule has 0 aliphatic carbocycles. The highest BCUT2D eigenvalue weighted by Crippen LogP contribution is 2.26. The van der Waals surface area contributed by atoms with Crippen molar-refractivity contribution in [2.75, 3.05) is 11.1 Å². The number of imidazole rings is 1. The third kappa shape index (κ3) is 2.51. The Labute approximate surface area is 141 Å². The van der Waals surface area contributed by atoms with Crippen molar-refractivity contribution in [3.05, 3.63) is 64.9 Å². The van der Waals surface area contributed by atoms with Crippen LogP contribution in [0.25, 0.3) is 16.6 Å². The number of benzene rings is 2. The lowest BCUT2D eigenvalue weighted by molar-refractivity contribution is 1.08. The molecule has 0 fully saturated rings. The first kappa shape index (κ1) is 14.0. The van der Waals surface area contributed by atoms with Crippen LogP contribution in [-0.4, -0.2) is 14.4 Å². The average molecular weight is 368 g/mol. The van der Waals surface area contributed by atoms with E-state index < -0.39 is 0 Å². The third-order valence-corrected chi connectivity index (χ3v) is 4.34. The first-order valence-electron chi connectivity index (χ1n) is 7.23. The van der Waals surface area contributed by atoms with Crippen LogP contribution in [-0.2, 0) is 6.54 Å². The summed E-state index contributed by atoms with van der Waals surface area (Å²) in [5.41, 5.74) is 9.70. The number of nitrogens with zero attached hydrogens (tertiary/aromatic N) is 3. The lowest BCUT2D eigenvalue weighted by Gasteiger charge is -2.04. The second-order valence-corrected chi connectivity index (χ2v) is 6.11. The zero-order valence-electron chi connectivity index (χ0n) is 12.2. The lowest BCUT2D eigenvalue weighted by Crippen LogP contribution is -2.00. The summed E-state index contributed by atoms with van der Waals surface area (Å²) < 4.78 is 2.74. The highest BCUT2D eigenvalue weighted by atomic mass is 79.9. The molecule has 4 aromatic rings. The van der Waals surface area contributed by atoms with E-state index in [4.69, 9.17) is 10.7 Å². The number of anilines is 2. The number of aromatic nitrogens is 3. The second kappa shape index (κ2) is 5.55. The molecule has 0 saturated heterocycles. The van der Waals surface area contributed by atoms with Crippen LogP contribution in [0.4, 0.5) is 11.6 Å². The molecule has 0 amide bonds. The van der Waals surface area contributed by atoms with Gasteiger partial charge >= 0.3 is 0 Å². The summed E-state index contributed by atoms with van der Waals surface area (Å²) in [6.45, 7) is 0.626. The van der Waals surface area contributed by atoms with E-state index in [-0.39, 0.29) is 0 Å². The summed E-state index contributed by atoms with van der Waals surface area (Å²) >= 11 is 3.52. The minimum Gasteiger partial charge on any atom is -0.379 e. The van der Waals surface area contributed by atoms with Crippen LogP contribution in [0, 0.1) is 0 Å². The standard InChI is InChI=1S/C17H14BrN5/c18-14-8-4-7-13-15(14)22-17(19)23-10-12(21-16(13)23)9-20-11-5-2-1-3-6-11/h1-8,10,20H,9H2,(H2,19,22). The van der Waals surface area contributed by atoms with Crippen molar-refractivity contribution in [3.8, 4) is 0 Å². The molecule has 6 heteroatoms. The lowest BCUT2D eigenvalue weighted by atomic mass is 10.2. The molecule has 0 bridgehead atoms. The van der Waals surface area contributed by atoms with E-state index in [2.05, 4.69) is 26.2 Å². The van der Waals surface area contributed by atoms with Crippen molar-refractivity contribution in [2.24, 2.45) is 0 Å². The van der Waals surface area contributed by atoms with E-state index in [0.29, 0.717) is 12.5 Å². The summed E-state index contributed by atoms with van der Waals surface area (Å²) in [7, 11) is 0. The van der Waals surface area contributed by atoms with Crippen LogP contribution in [0.5, 0.6) is 0 Å². The second-order valence-electron chi connectivity index (χ2n) is 5.25. The largest absolute Gasteiger partial charge is 0.379 e. The predicted octanol–water partition coefficient (Wildman–Crippen LogP) is 3.84. The summed E-state index contributed by atoms with van der Waals surface area (Å²) in [5.74, 6) is 0.429. The van der Waals surface area contributed by atoms with Gasteiger partial charge in [0.2, 0.25) is 5.95 Å². The van der Waals surface area contributed by atoms with Crippen molar-refractivity contribution in [3.63, 3.8) is 0 Å². The van der Waals surface area contributed by atoms with Gasteiger partial charge in [0.15, 0.2) is 0 Å². The molecule has 0 aliphatic rings. The molecule has 2 aromatic heterocycles. The summed E-state index contributed by atoms with van der Waals surface area (Å²) in [6, 6.07) is 16.0. The summed E-state index contributed by atoms with van der Waals surface area (Å²) in [6.07, 6.45) is 1.92. The van der Waals surface area contributed by atoms with Crippen LogP contribution < -0.4 is 11.1 Å². The van der Waals surface area contributed by atoms with Gasteiger partial charge in [-0.3, -0.25) is 4.40 Å². The molecule has 0 atom stereocenters. The monoisotopic (exact) mass is 367 g/mol. The predicted molar refractivity (Wildman–Crippen MR) is 96.4 cm³/mol. The Morgan fingerprint density at radius 2 is 1.87 bits per heavy atom. The highest BCUT2D eigenvalue weighted by Gasteiger charge is 2.11. The van der Waals surface area contributed by atoms with Gasteiger partial charge in [0.1, 0.15) is 5.65 Å². The Bertz CT molecular complexity index is 994. The Balaban J connectivity index is 1.77. The van der Waals surface area contributed by atoms with E-state index in [1.807, 2.05) is 59.1 Å². The number of nitrogens with two attached hydrogens (primary N) is 1. The molecule has 4 rings (SSSR count). The number of halogens is 1. The number of nitrogens with one attached hydrogen (secondary N) is 1. The summed E-state index contributed by atoms with van der Waals surface area (Å²) in [4.78, 5) is 9.19. The number of hydrogen-bond donors (Lipinski definition) is 2. The van der Waals surface area contributed by atoms with Crippen LogP contribution in [0.1, 0.15) is 5.69 Å². The van der Waals surface area contributed by atoms with Crippen LogP contribution >= 0.6 is 15.9 Å². The maximum absolute atomic E-state index is 6.08. The molecule has 0 radical (unpaired) electrons. The van der Waals surface area contributed by atoms with Gasteiger partial charge in [-0.1, -0.05) is 24.3 Å². The van der Waals surface area contributed by atoms with E-state index >= 15 is 0 Å². The van der Waals surface area contributed by atoms with Gasteiger partial charge in [0.05, 0.1) is 17.8 Å². The number of para-hydroxylation sites is 2. The van der Waals surface area contributed by atoms with E-state index in [1.165, 1.54) is 0 Å². The van der Waals surface area contributed by atoms with Crippen molar-refractivity contribution in [1.82, 2.24) is 14.4 Å². The molecule has 5 nitrogen and oxygen atoms in total. The number of rotatable bonds is 3. The average Bonchev–Trinajstić information content (AvgIpc) is 3.00. The minimum absolute atomic E-state index is 0.429. The molecule has 2 heterocycles. The quantitative estimate of drug-likeness (QED) is 0.577. The Kier molecular flexibility index (Phi) is 3.38. The molecule has 2 aromatic carbocycles. The SMILES string of the molecule is Nc1nc2c(Br)cccc2c2nc(CNc3ccccc3)cn12. The fraction of sp³-hybridized carbons (Fsp3) is 0.0588. The number of hydrogen-bond acceptors (Lipinski definition) is 4. The zero-order valence-corrected chi connectivity index (χ0v) is 13.8.